The summed E-state index contributed by atoms with van der Waals surface area (Å²) < 4.78 is 12.9. The standard InChI is InChI=1S/C22H10Br2O4/c23-13-5-1-11(2-6-13)17-15-9-10-16-18(12-3-7-14(24)8-4-12)22(26)28-20(16)19(15)27-21(17)25/h1-10H. The van der Waals surface area contributed by atoms with Crippen LogP contribution in [0.1, 0.15) is 11.1 Å². The fraction of sp³-hybridized carbons (Fsp3) is 0. The Morgan fingerprint density at radius 2 is 0.893 bits per heavy atom. The van der Waals surface area contributed by atoms with Crippen molar-refractivity contribution in [2.24, 2.45) is 0 Å². The first-order valence-corrected chi connectivity index (χ1v) is 9.99. The van der Waals surface area contributed by atoms with Gasteiger partial charge in [0.25, 0.3) is 0 Å². The quantitative estimate of drug-likeness (QED) is 0.402. The SMILES string of the molecule is O=C1Oc2c3c(ccc2=C1c1ccc(Br)cc1)=C(c1ccc(Br)cc1)C(=O)O3. The van der Waals surface area contributed by atoms with Crippen LogP contribution in [0.5, 0.6) is 11.5 Å². The van der Waals surface area contributed by atoms with Gasteiger partial charge in [-0.2, -0.15) is 0 Å². The van der Waals surface area contributed by atoms with Gasteiger partial charge < -0.3 is 9.47 Å². The van der Waals surface area contributed by atoms with Gasteiger partial charge in [-0.15, -0.1) is 0 Å². The number of ether oxygens (including phenoxy) is 2. The van der Waals surface area contributed by atoms with Gasteiger partial charge in [-0.05, 0) is 47.5 Å². The summed E-state index contributed by atoms with van der Waals surface area (Å²) in [5, 5.41) is 1.24. The van der Waals surface area contributed by atoms with Crippen LogP contribution < -0.4 is 19.9 Å². The van der Waals surface area contributed by atoms with E-state index in [4.69, 9.17) is 9.47 Å². The predicted molar refractivity (Wildman–Crippen MR) is 110 cm³/mol. The molecule has 2 heterocycles. The summed E-state index contributed by atoms with van der Waals surface area (Å²) in [6, 6.07) is 18.4. The third kappa shape index (κ3) is 2.64. The Kier molecular flexibility index (Phi) is 4.00. The zero-order valence-electron chi connectivity index (χ0n) is 14.2. The monoisotopic (exact) mass is 496 g/mol. The highest BCUT2D eigenvalue weighted by molar-refractivity contribution is 9.10. The minimum absolute atomic E-state index is 0.292. The smallest absolute Gasteiger partial charge is 0.345 e. The van der Waals surface area contributed by atoms with Crippen LogP contribution in [-0.4, -0.2) is 11.9 Å². The third-order valence-corrected chi connectivity index (χ3v) is 5.77. The number of fused-ring (bicyclic) bond motifs is 3. The molecule has 2 aliphatic heterocycles. The second-order valence-corrected chi connectivity index (χ2v) is 8.19. The van der Waals surface area contributed by atoms with Crippen LogP contribution in [0, 0.1) is 0 Å². The van der Waals surface area contributed by atoms with Crippen LogP contribution >= 0.6 is 31.9 Å². The molecular formula is C22H10Br2O4. The zero-order valence-corrected chi connectivity index (χ0v) is 17.3. The molecule has 0 unspecified atom stereocenters. The van der Waals surface area contributed by atoms with Gasteiger partial charge in [-0.3, -0.25) is 0 Å². The molecule has 0 aromatic heterocycles. The van der Waals surface area contributed by atoms with Crippen LogP contribution in [-0.2, 0) is 9.59 Å². The number of carbonyl (C=O) groups is 2. The van der Waals surface area contributed by atoms with Crippen molar-refractivity contribution in [1.82, 2.24) is 0 Å². The summed E-state index contributed by atoms with van der Waals surface area (Å²) in [6.45, 7) is 0. The largest absolute Gasteiger partial charge is 0.418 e. The van der Waals surface area contributed by atoms with Gasteiger partial charge in [-0.1, -0.05) is 56.1 Å². The van der Waals surface area contributed by atoms with E-state index in [0.29, 0.717) is 33.1 Å². The number of carbonyl (C=O) groups excluding carboxylic acids is 2. The van der Waals surface area contributed by atoms with Crippen molar-refractivity contribution < 1.29 is 19.1 Å². The molecule has 0 saturated carbocycles. The summed E-state index contributed by atoms with van der Waals surface area (Å²) in [6.07, 6.45) is 0. The van der Waals surface area contributed by atoms with Gasteiger partial charge in [0.2, 0.25) is 0 Å². The van der Waals surface area contributed by atoms with E-state index in [0.717, 1.165) is 20.1 Å². The first-order valence-electron chi connectivity index (χ1n) is 8.41. The minimum Gasteiger partial charge on any atom is -0.418 e. The van der Waals surface area contributed by atoms with Gasteiger partial charge in [-0.25, -0.2) is 9.59 Å². The first-order chi connectivity index (χ1) is 13.5. The minimum atomic E-state index is -0.459. The second kappa shape index (κ2) is 6.43. The maximum atomic E-state index is 12.6. The van der Waals surface area contributed by atoms with Crippen molar-refractivity contribution in [3.05, 3.63) is 91.2 Å². The highest BCUT2D eigenvalue weighted by atomic mass is 79.9. The summed E-state index contributed by atoms with van der Waals surface area (Å²) in [5.41, 5.74) is 2.40. The predicted octanol–water partition coefficient (Wildman–Crippen LogP) is 3.45. The van der Waals surface area contributed by atoms with E-state index in [1.54, 1.807) is 12.1 Å². The lowest BCUT2D eigenvalue weighted by molar-refractivity contribution is -0.129. The highest BCUT2D eigenvalue weighted by Gasteiger charge is 2.33. The number of halogens is 2. The Balaban J connectivity index is 1.77. The van der Waals surface area contributed by atoms with Crippen LogP contribution in [0.15, 0.2) is 69.6 Å². The molecule has 0 fully saturated rings. The molecular weight excluding hydrogens is 488 g/mol. The molecule has 0 bridgehead atoms. The zero-order chi connectivity index (χ0) is 19.4. The van der Waals surface area contributed by atoms with Gasteiger partial charge >= 0.3 is 11.9 Å². The average Bonchev–Trinajstić information content (AvgIpc) is 3.19. The van der Waals surface area contributed by atoms with E-state index in [2.05, 4.69) is 31.9 Å². The lowest BCUT2D eigenvalue weighted by Gasteiger charge is -2.01. The Bertz CT molecular complexity index is 1190. The molecule has 6 heteroatoms. The molecule has 0 saturated heterocycles. The lowest BCUT2D eigenvalue weighted by atomic mass is 10.0. The van der Waals surface area contributed by atoms with Gasteiger partial charge in [0.05, 0.1) is 11.1 Å². The fourth-order valence-corrected chi connectivity index (χ4v) is 3.97. The molecule has 136 valence electrons. The topological polar surface area (TPSA) is 52.6 Å². The van der Waals surface area contributed by atoms with E-state index < -0.39 is 11.9 Å². The first kappa shape index (κ1) is 17.4. The average molecular weight is 498 g/mol. The number of hydrogen-bond donors (Lipinski definition) is 0. The molecule has 5 rings (SSSR count). The highest BCUT2D eigenvalue weighted by Crippen LogP contribution is 2.33. The number of esters is 2. The molecule has 2 aliphatic rings. The van der Waals surface area contributed by atoms with Crippen LogP contribution in [0.2, 0.25) is 0 Å². The van der Waals surface area contributed by atoms with Crippen molar-refractivity contribution in [1.29, 1.82) is 0 Å². The molecule has 4 nitrogen and oxygen atoms in total. The molecule has 3 aromatic carbocycles. The molecule has 0 spiro atoms. The Morgan fingerprint density at radius 1 is 0.536 bits per heavy atom. The fourth-order valence-electron chi connectivity index (χ4n) is 3.45. The van der Waals surface area contributed by atoms with Crippen molar-refractivity contribution in [2.45, 2.75) is 0 Å². The van der Waals surface area contributed by atoms with Gasteiger partial charge in [0, 0.05) is 19.4 Å². The van der Waals surface area contributed by atoms with Crippen LogP contribution in [0.4, 0.5) is 0 Å². The van der Waals surface area contributed by atoms with Crippen molar-refractivity contribution in [2.75, 3.05) is 0 Å². The van der Waals surface area contributed by atoms with E-state index in [1.807, 2.05) is 48.5 Å². The summed E-state index contributed by atoms with van der Waals surface area (Å²) >= 11 is 6.79. The van der Waals surface area contributed by atoms with Crippen molar-refractivity contribution in [3.63, 3.8) is 0 Å². The Hall–Kier alpha value is -2.70. The summed E-state index contributed by atoms with van der Waals surface area (Å²) in [4.78, 5) is 25.1. The maximum absolute atomic E-state index is 12.6. The molecule has 0 radical (unpaired) electrons. The summed E-state index contributed by atoms with van der Waals surface area (Å²) in [5.74, 6) is -0.334. The molecule has 0 N–H and O–H groups in total. The van der Waals surface area contributed by atoms with E-state index in [9.17, 15) is 9.59 Å². The number of rotatable bonds is 2. The second-order valence-electron chi connectivity index (χ2n) is 6.36. The Morgan fingerprint density at radius 3 is 1.25 bits per heavy atom. The normalized spacial score (nSPS) is 14.6. The molecule has 0 aliphatic carbocycles. The number of hydrogen-bond acceptors (Lipinski definition) is 4. The third-order valence-electron chi connectivity index (χ3n) is 4.71. The van der Waals surface area contributed by atoms with Gasteiger partial charge in [0.15, 0.2) is 11.5 Å². The molecule has 3 aromatic rings. The van der Waals surface area contributed by atoms with Crippen LogP contribution in [0.3, 0.4) is 0 Å². The van der Waals surface area contributed by atoms with E-state index in [-0.39, 0.29) is 0 Å². The van der Waals surface area contributed by atoms with Crippen molar-refractivity contribution >= 4 is 54.9 Å². The van der Waals surface area contributed by atoms with E-state index in [1.165, 1.54) is 0 Å². The molecule has 0 amide bonds. The molecule has 0 atom stereocenters. The van der Waals surface area contributed by atoms with E-state index >= 15 is 0 Å². The van der Waals surface area contributed by atoms with Gasteiger partial charge in [0.1, 0.15) is 0 Å². The lowest BCUT2D eigenvalue weighted by Crippen LogP contribution is -2.11. The molecule has 28 heavy (non-hydrogen) atoms. The van der Waals surface area contributed by atoms with Crippen LogP contribution in [0.25, 0.3) is 11.1 Å². The maximum Gasteiger partial charge on any atom is 0.345 e. The summed E-state index contributed by atoms with van der Waals surface area (Å²) in [7, 11) is 0. The number of benzene rings is 3. The van der Waals surface area contributed by atoms with Crippen molar-refractivity contribution in [3.8, 4) is 11.5 Å². The Labute approximate surface area is 176 Å².